The molecule has 0 aliphatic heterocycles. The van der Waals surface area contributed by atoms with Crippen LogP contribution in [0.4, 0.5) is 0 Å². The van der Waals surface area contributed by atoms with Gasteiger partial charge in [0.05, 0.1) is 23.5 Å². The van der Waals surface area contributed by atoms with Crippen molar-refractivity contribution >= 4 is 45.3 Å². The number of hydrogen-bond donors (Lipinski definition) is 2. The van der Waals surface area contributed by atoms with E-state index in [4.69, 9.17) is 16.0 Å². The Morgan fingerprint density at radius 3 is 2.61 bits per heavy atom. The lowest BCUT2D eigenvalue weighted by molar-refractivity contribution is -0.143. The fourth-order valence-electron chi connectivity index (χ4n) is 4.85. The van der Waals surface area contributed by atoms with E-state index in [1.54, 1.807) is 6.07 Å². The second-order valence-electron chi connectivity index (χ2n) is 8.85. The van der Waals surface area contributed by atoms with E-state index in [2.05, 4.69) is 5.32 Å². The third kappa shape index (κ3) is 4.48. The molecule has 0 spiro atoms. The van der Waals surface area contributed by atoms with E-state index < -0.39 is 5.97 Å². The van der Waals surface area contributed by atoms with Crippen LogP contribution in [-0.2, 0) is 11.3 Å². The maximum Gasteiger partial charge on any atom is 0.306 e. The first-order chi connectivity index (χ1) is 16.0. The van der Waals surface area contributed by atoms with Crippen molar-refractivity contribution in [3.63, 3.8) is 0 Å². The Bertz CT molecular complexity index is 1300. The number of carboxylic acid groups (broad SMARTS) is 1. The smallest absolute Gasteiger partial charge is 0.306 e. The van der Waals surface area contributed by atoms with Crippen molar-refractivity contribution in [3.05, 3.63) is 71.1 Å². The number of benzene rings is 2. The minimum Gasteiger partial charge on any atom is -0.481 e. The molecule has 33 heavy (non-hydrogen) atoms. The van der Waals surface area contributed by atoms with Gasteiger partial charge in [0.25, 0.3) is 5.91 Å². The molecule has 2 aromatic carbocycles. The van der Waals surface area contributed by atoms with Crippen LogP contribution in [0, 0.1) is 11.8 Å². The monoisotopic (exact) mass is 464 g/mol. The lowest BCUT2D eigenvalue weighted by atomic mass is 9.82. The van der Waals surface area contributed by atoms with Gasteiger partial charge in [-0.25, -0.2) is 0 Å². The predicted molar refractivity (Wildman–Crippen MR) is 128 cm³/mol. The number of amides is 1. The summed E-state index contributed by atoms with van der Waals surface area (Å²) in [6, 6.07) is 15.4. The second-order valence-corrected chi connectivity index (χ2v) is 9.29. The van der Waals surface area contributed by atoms with E-state index in [1.807, 2.05) is 53.2 Å². The number of furan rings is 1. The average molecular weight is 465 g/mol. The molecule has 4 aromatic rings. The molecule has 0 saturated heterocycles. The van der Waals surface area contributed by atoms with Gasteiger partial charge in [-0.2, -0.15) is 0 Å². The highest BCUT2D eigenvalue weighted by Crippen LogP contribution is 2.30. The van der Waals surface area contributed by atoms with Gasteiger partial charge >= 0.3 is 5.97 Å². The lowest BCUT2D eigenvalue weighted by Gasteiger charge is -2.26. The molecule has 5 rings (SSSR count). The van der Waals surface area contributed by atoms with Crippen LogP contribution in [0.2, 0.25) is 5.02 Å². The second kappa shape index (κ2) is 8.94. The SMILES string of the molecule is O=C(NCC1CCC(C(=O)O)CC1)c1cc(Cl)cc2ccn(Cc3cc4ccccc4o3)c12. The van der Waals surface area contributed by atoms with Gasteiger partial charge in [0, 0.05) is 28.5 Å². The summed E-state index contributed by atoms with van der Waals surface area (Å²) in [5.41, 5.74) is 2.17. The first-order valence-corrected chi connectivity index (χ1v) is 11.6. The highest BCUT2D eigenvalue weighted by molar-refractivity contribution is 6.32. The van der Waals surface area contributed by atoms with Crippen LogP contribution in [0.25, 0.3) is 21.9 Å². The van der Waals surface area contributed by atoms with Crippen molar-refractivity contribution in [2.45, 2.75) is 32.2 Å². The first-order valence-electron chi connectivity index (χ1n) is 11.2. The number of rotatable bonds is 6. The number of nitrogens with one attached hydrogen (secondary N) is 1. The summed E-state index contributed by atoms with van der Waals surface area (Å²) in [4.78, 5) is 24.3. The number of para-hydroxylation sites is 1. The van der Waals surface area contributed by atoms with Gasteiger partial charge in [-0.05, 0) is 61.9 Å². The molecule has 0 atom stereocenters. The summed E-state index contributed by atoms with van der Waals surface area (Å²) >= 11 is 6.32. The molecule has 1 fully saturated rings. The van der Waals surface area contributed by atoms with E-state index in [0.717, 1.165) is 40.5 Å². The number of halogens is 1. The molecule has 1 amide bonds. The van der Waals surface area contributed by atoms with E-state index in [9.17, 15) is 14.7 Å². The Kier molecular flexibility index (Phi) is 5.85. The van der Waals surface area contributed by atoms with E-state index in [-0.39, 0.29) is 11.8 Å². The van der Waals surface area contributed by atoms with Crippen molar-refractivity contribution in [3.8, 4) is 0 Å². The third-order valence-electron chi connectivity index (χ3n) is 6.62. The number of aliphatic carboxylic acids is 1. The highest BCUT2D eigenvalue weighted by Gasteiger charge is 2.26. The maximum atomic E-state index is 13.2. The number of fused-ring (bicyclic) bond motifs is 2. The summed E-state index contributed by atoms with van der Waals surface area (Å²) in [6.07, 6.45) is 4.89. The van der Waals surface area contributed by atoms with Gasteiger partial charge < -0.3 is 19.4 Å². The molecule has 6 nitrogen and oxygen atoms in total. The van der Waals surface area contributed by atoms with E-state index in [0.29, 0.717) is 42.4 Å². The zero-order chi connectivity index (χ0) is 22.9. The van der Waals surface area contributed by atoms with Crippen LogP contribution in [0.5, 0.6) is 0 Å². The molecule has 1 aliphatic carbocycles. The van der Waals surface area contributed by atoms with Crippen molar-refractivity contribution in [2.75, 3.05) is 6.54 Å². The molecule has 1 aliphatic rings. The van der Waals surface area contributed by atoms with Crippen molar-refractivity contribution in [2.24, 2.45) is 11.8 Å². The molecule has 2 N–H and O–H groups in total. The van der Waals surface area contributed by atoms with Crippen LogP contribution in [-0.4, -0.2) is 28.1 Å². The van der Waals surface area contributed by atoms with Gasteiger partial charge in [-0.3, -0.25) is 9.59 Å². The zero-order valence-corrected chi connectivity index (χ0v) is 18.8. The molecule has 2 aromatic heterocycles. The molecule has 0 unspecified atom stereocenters. The summed E-state index contributed by atoms with van der Waals surface area (Å²) in [7, 11) is 0. The predicted octanol–water partition coefficient (Wildman–Crippen LogP) is 5.71. The Labute approximate surface area is 196 Å². The molecule has 170 valence electrons. The molecule has 0 radical (unpaired) electrons. The number of aromatic nitrogens is 1. The minimum atomic E-state index is -0.718. The van der Waals surface area contributed by atoms with Crippen LogP contribution >= 0.6 is 11.6 Å². The maximum absolute atomic E-state index is 13.2. The van der Waals surface area contributed by atoms with Crippen molar-refractivity contribution < 1.29 is 19.1 Å². The third-order valence-corrected chi connectivity index (χ3v) is 6.84. The number of hydrogen-bond acceptors (Lipinski definition) is 3. The number of carbonyl (C=O) groups excluding carboxylic acids is 1. The van der Waals surface area contributed by atoms with Crippen molar-refractivity contribution in [1.29, 1.82) is 0 Å². The van der Waals surface area contributed by atoms with E-state index >= 15 is 0 Å². The molecular weight excluding hydrogens is 440 g/mol. The Hall–Kier alpha value is -3.25. The summed E-state index contributed by atoms with van der Waals surface area (Å²) in [6.45, 7) is 1.03. The molecule has 0 bridgehead atoms. The standard InChI is InChI=1S/C26H25ClN2O4/c27-20-11-19-9-10-29(15-21-12-18-3-1-2-4-23(18)33-21)24(19)22(13-20)25(30)28-14-16-5-7-17(8-6-16)26(31)32/h1-4,9-13,16-17H,5-8,14-15H2,(H,28,30)(H,31,32). The highest BCUT2D eigenvalue weighted by atomic mass is 35.5. The Balaban J connectivity index is 1.35. The quantitative estimate of drug-likeness (QED) is 0.382. The normalized spacial score (nSPS) is 18.6. The number of carboxylic acids is 1. The summed E-state index contributed by atoms with van der Waals surface area (Å²) < 4.78 is 7.99. The van der Waals surface area contributed by atoms with Crippen LogP contribution in [0.3, 0.4) is 0 Å². The van der Waals surface area contributed by atoms with Gasteiger partial charge in [0.1, 0.15) is 11.3 Å². The van der Waals surface area contributed by atoms with Gasteiger partial charge in [-0.15, -0.1) is 0 Å². The zero-order valence-electron chi connectivity index (χ0n) is 18.1. The Morgan fingerprint density at radius 2 is 1.85 bits per heavy atom. The van der Waals surface area contributed by atoms with Crippen LogP contribution in [0.1, 0.15) is 41.8 Å². The van der Waals surface area contributed by atoms with Gasteiger partial charge in [0.2, 0.25) is 0 Å². The van der Waals surface area contributed by atoms with Crippen LogP contribution in [0.15, 0.2) is 59.1 Å². The molecule has 1 saturated carbocycles. The lowest BCUT2D eigenvalue weighted by Crippen LogP contribution is -2.32. The fourth-order valence-corrected chi connectivity index (χ4v) is 5.07. The fraction of sp³-hybridized carbons (Fsp3) is 0.308. The van der Waals surface area contributed by atoms with E-state index in [1.165, 1.54) is 0 Å². The summed E-state index contributed by atoms with van der Waals surface area (Å²) in [5, 5.41) is 14.7. The summed E-state index contributed by atoms with van der Waals surface area (Å²) in [5.74, 6) is -0.0470. The first kappa shape index (κ1) is 21.6. The molecule has 2 heterocycles. The Morgan fingerprint density at radius 1 is 1.06 bits per heavy atom. The number of nitrogens with zero attached hydrogens (tertiary/aromatic N) is 1. The molecule has 7 heteroatoms. The minimum absolute atomic E-state index is 0.174. The topological polar surface area (TPSA) is 84.5 Å². The largest absolute Gasteiger partial charge is 0.481 e. The van der Waals surface area contributed by atoms with Crippen LogP contribution < -0.4 is 5.32 Å². The van der Waals surface area contributed by atoms with Gasteiger partial charge in [0.15, 0.2) is 0 Å². The van der Waals surface area contributed by atoms with Crippen molar-refractivity contribution in [1.82, 2.24) is 9.88 Å². The number of carbonyl (C=O) groups is 2. The molecular formula is C26H25ClN2O4. The average Bonchev–Trinajstić information content (AvgIpc) is 3.40. The van der Waals surface area contributed by atoms with Gasteiger partial charge in [-0.1, -0.05) is 29.8 Å².